The number of nitriles is 1. The highest BCUT2D eigenvalue weighted by Crippen LogP contribution is 2.36. The van der Waals surface area contributed by atoms with Crippen molar-refractivity contribution in [2.45, 2.75) is 6.92 Å². The van der Waals surface area contributed by atoms with Gasteiger partial charge in [0.25, 0.3) is 0 Å². The van der Waals surface area contributed by atoms with Crippen molar-refractivity contribution in [3.05, 3.63) is 64.4 Å². The van der Waals surface area contributed by atoms with Crippen LogP contribution in [0.25, 0.3) is 6.08 Å². The van der Waals surface area contributed by atoms with Gasteiger partial charge in [0.2, 0.25) is 0 Å². The molecule has 0 heterocycles. The minimum absolute atomic E-state index is 0.0475. The number of rotatable bonds is 5. The van der Waals surface area contributed by atoms with Gasteiger partial charge in [0.1, 0.15) is 5.82 Å². The zero-order chi connectivity index (χ0) is 17.5. The van der Waals surface area contributed by atoms with Crippen molar-refractivity contribution < 1.29 is 18.7 Å². The van der Waals surface area contributed by atoms with E-state index in [9.17, 15) is 9.18 Å². The summed E-state index contributed by atoms with van der Waals surface area (Å²) in [6, 6.07) is 10.4. The summed E-state index contributed by atoms with van der Waals surface area (Å²) in [5.41, 5.74) is 0.939. The molecule has 0 saturated carbocycles. The van der Waals surface area contributed by atoms with Crippen LogP contribution in [0.5, 0.6) is 11.5 Å². The largest absolute Gasteiger partial charge is 0.490 e. The first-order chi connectivity index (χ1) is 11.5. The second-order valence-electron chi connectivity index (χ2n) is 4.64. The van der Waals surface area contributed by atoms with Gasteiger partial charge in [-0.3, -0.25) is 0 Å². The molecule has 0 radical (unpaired) electrons. The first-order valence-corrected chi connectivity index (χ1v) is 7.43. The van der Waals surface area contributed by atoms with E-state index in [0.717, 1.165) is 0 Å². The fourth-order valence-corrected chi connectivity index (χ4v) is 2.12. The van der Waals surface area contributed by atoms with Crippen molar-refractivity contribution in [2.75, 3.05) is 6.61 Å². The SMILES string of the molecule is CCOc1cc(C#N)cc(Cl)c1OC(=O)/C=C/c1ccc(F)cc1. The first kappa shape index (κ1) is 17.5. The van der Waals surface area contributed by atoms with E-state index >= 15 is 0 Å². The summed E-state index contributed by atoms with van der Waals surface area (Å²) in [7, 11) is 0. The Morgan fingerprint density at radius 2 is 2.04 bits per heavy atom. The number of hydrogen-bond acceptors (Lipinski definition) is 4. The normalized spacial score (nSPS) is 10.4. The Labute approximate surface area is 143 Å². The van der Waals surface area contributed by atoms with E-state index in [2.05, 4.69) is 0 Å². The average Bonchev–Trinajstić information content (AvgIpc) is 2.57. The van der Waals surface area contributed by atoms with E-state index in [1.807, 2.05) is 6.07 Å². The summed E-state index contributed by atoms with van der Waals surface area (Å²) in [6.07, 6.45) is 2.68. The molecule has 2 aromatic carbocycles. The van der Waals surface area contributed by atoms with Gasteiger partial charge in [-0.25, -0.2) is 9.18 Å². The highest BCUT2D eigenvalue weighted by atomic mass is 35.5. The summed E-state index contributed by atoms with van der Waals surface area (Å²) in [5.74, 6) is -0.774. The summed E-state index contributed by atoms with van der Waals surface area (Å²) < 4.78 is 23.4. The fraction of sp³-hybridized carbons (Fsp3) is 0.111. The second-order valence-corrected chi connectivity index (χ2v) is 5.04. The number of ether oxygens (including phenoxy) is 2. The lowest BCUT2D eigenvalue weighted by atomic mass is 10.2. The van der Waals surface area contributed by atoms with Crippen LogP contribution in [0.2, 0.25) is 5.02 Å². The lowest BCUT2D eigenvalue weighted by molar-refractivity contribution is -0.129. The van der Waals surface area contributed by atoms with Crippen LogP contribution in [0.4, 0.5) is 4.39 Å². The van der Waals surface area contributed by atoms with Crippen molar-refractivity contribution in [1.82, 2.24) is 0 Å². The van der Waals surface area contributed by atoms with E-state index in [1.165, 1.54) is 48.6 Å². The fourth-order valence-electron chi connectivity index (χ4n) is 1.87. The highest BCUT2D eigenvalue weighted by molar-refractivity contribution is 6.32. The van der Waals surface area contributed by atoms with Crippen LogP contribution >= 0.6 is 11.6 Å². The molecular weight excluding hydrogens is 333 g/mol. The number of halogens is 2. The number of esters is 1. The zero-order valence-corrected chi connectivity index (χ0v) is 13.5. The summed E-state index contributed by atoms with van der Waals surface area (Å²) in [4.78, 5) is 12.0. The van der Waals surface area contributed by atoms with Gasteiger partial charge < -0.3 is 9.47 Å². The van der Waals surface area contributed by atoms with Crippen LogP contribution in [0, 0.1) is 17.1 Å². The van der Waals surface area contributed by atoms with E-state index in [1.54, 1.807) is 6.92 Å². The molecule has 0 fully saturated rings. The van der Waals surface area contributed by atoms with Gasteiger partial charge in [0.15, 0.2) is 11.5 Å². The van der Waals surface area contributed by atoms with Crippen molar-refractivity contribution in [3.8, 4) is 17.6 Å². The molecule has 0 unspecified atom stereocenters. The molecule has 2 aromatic rings. The molecule has 0 N–H and O–H groups in total. The summed E-state index contributed by atoms with van der Waals surface area (Å²) >= 11 is 6.05. The van der Waals surface area contributed by atoms with Crippen molar-refractivity contribution in [3.63, 3.8) is 0 Å². The molecule has 0 saturated heterocycles. The number of benzene rings is 2. The Hall–Kier alpha value is -2.84. The van der Waals surface area contributed by atoms with Crippen molar-refractivity contribution >= 4 is 23.6 Å². The van der Waals surface area contributed by atoms with E-state index in [0.29, 0.717) is 17.7 Å². The van der Waals surface area contributed by atoms with Gasteiger partial charge in [-0.05, 0) is 36.8 Å². The van der Waals surface area contributed by atoms with Crippen LogP contribution in [0.3, 0.4) is 0 Å². The Morgan fingerprint density at radius 1 is 1.33 bits per heavy atom. The van der Waals surface area contributed by atoms with Gasteiger partial charge in [0, 0.05) is 12.1 Å². The third kappa shape index (κ3) is 4.58. The van der Waals surface area contributed by atoms with Crippen LogP contribution in [-0.2, 0) is 4.79 Å². The number of carbonyl (C=O) groups excluding carboxylic acids is 1. The molecule has 0 spiro atoms. The van der Waals surface area contributed by atoms with Crippen LogP contribution in [0.15, 0.2) is 42.5 Å². The number of hydrogen-bond donors (Lipinski definition) is 0. The van der Waals surface area contributed by atoms with Crippen LogP contribution in [0.1, 0.15) is 18.1 Å². The third-order valence-corrected chi connectivity index (χ3v) is 3.20. The molecule has 4 nitrogen and oxygen atoms in total. The molecule has 0 aliphatic heterocycles. The van der Waals surface area contributed by atoms with Crippen molar-refractivity contribution in [2.24, 2.45) is 0 Å². The highest BCUT2D eigenvalue weighted by Gasteiger charge is 2.15. The van der Waals surface area contributed by atoms with Gasteiger partial charge >= 0.3 is 5.97 Å². The molecule has 0 atom stereocenters. The van der Waals surface area contributed by atoms with E-state index in [4.69, 9.17) is 26.3 Å². The Bertz CT molecular complexity index is 810. The minimum Gasteiger partial charge on any atom is -0.490 e. The van der Waals surface area contributed by atoms with Crippen LogP contribution < -0.4 is 9.47 Å². The standard InChI is InChI=1S/C18H13ClFNO3/c1-2-23-16-10-13(11-21)9-15(19)18(16)24-17(22)8-5-12-3-6-14(20)7-4-12/h3-10H,2H2,1H3/b8-5+. The van der Waals surface area contributed by atoms with E-state index < -0.39 is 5.97 Å². The minimum atomic E-state index is -0.674. The van der Waals surface area contributed by atoms with Gasteiger partial charge in [0.05, 0.1) is 23.3 Å². The predicted octanol–water partition coefficient (Wildman–Crippen LogP) is 4.37. The van der Waals surface area contributed by atoms with Crippen molar-refractivity contribution in [1.29, 1.82) is 5.26 Å². The summed E-state index contributed by atoms with van der Waals surface area (Å²) in [6.45, 7) is 2.08. The molecule has 0 aliphatic rings. The Balaban J connectivity index is 2.19. The molecule has 6 heteroatoms. The third-order valence-electron chi connectivity index (χ3n) is 2.92. The lowest BCUT2D eigenvalue weighted by Gasteiger charge is -2.11. The summed E-state index contributed by atoms with van der Waals surface area (Å²) in [5, 5.41) is 9.05. The smallest absolute Gasteiger partial charge is 0.336 e. The Morgan fingerprint density at radius 3 is 2.67 bits per heavy atom. The molecule has 0 amide bonds. The number of nitrogens with zero attached hydrogens (tertiary/aromatic N) is 1. The molecule has 0 bridgehead atoms. The maximum atomic E-state index is 12.8. The maximum absolute atomic E-state index is 12.8. The number of carbonyl (C=O) groups is 1. The second kappa shape index (κ2) is 8.14. The lowest BCUT2D eigenvalue weighted by Crippen LogP contribution is -2.06. The maximum Gasteiger partial charge on any atom is 0.336 e. The monoisotopic (exact) mass is 345 g/mol. The molecule has 2 rings (SSSR count). The quantitative estimate of drug-likeness (QED) is 0.458. The topological polar surface area (TPSA) is 59.3 Å². The van der Waals surface area contributed by atoms with Gasteiger partial charge in [-0.2, -0.15) is 5.26 Å². The Kier molecular flexibility index (Phi) is 5.94. The predicted molar refractivity (Wildman–Crippen MR) is 88.4 cm³/mol. The van der Waals surface area contributed by atoms with Gasteiger partial charge in [-0.1, -0.05) is 23.7 Å². The zero-order valence-electron chi connectivity index (χ0n) is 12.8. The molecule has 0 aromatic heterocycles. The average molecular weight is 346 g/mol. The van der Waals surface area contributed by atoms with E-state index in [-0.39, 0.29) is 22.3 Å². The first-order valence-electron chi connectivity index (χ1n) is 7.05. The molecule has 122 valence electrons. The molecular formula is C18H13ClFNO3. The molecule has 24 heavy (non-hydrogen) atoms. The van der Waals surface area contributed by atoms with Gasteiger partial charge in [-0.15, -0.1) is 0 Å². The van der Waals surface area contributed by atoms with Crippen LogP contribution in [-0.4, -0.2) is 12.6 Å². The molecule has 0 aliphatic carbocycles.